The Bertz CT molecular complexity index is 628. The van der Waals surface area contributed by atoms with Gasteiger partial charge in [-0.25, -0.2) is 0 Å². The van der Waals surface area contributed by atoms with Gasteiger partial charge in [0, 0.05) is 16.1 Å². The number of aromatic amines is 1. The minimum Gasteiger partial charge on any atom is -0.322 e. The third-order valence-electron chi connectivity index (χ3n) is 3.51. The maximum atomic E-state index is 12.0. The maximum absolute atomic E-state index is 12.0. The van der Waals surface area contributed by atoms with Crippen molar-refractivity contribution >= 4 is 22.5 Å². The van der Waals surface area contributed by atoms with Crippen LogP contribution in [0.2, 0.25) is 5.02 Å². The molecular formula is C15H18ClNO. The molecule has 0 aliphatic heterocycles. The third-order valence-corrected chi connectivity index (χ3v) is 3.74. The number of nitrogens with one attached hydrogen (secondary N) is 1. The van der Waals surface area contributed by atoms with E-state index < -0.39 is 0 Å². The fourth-order valence-corrected chi connectivity index (χ4v) is 2.18. The summed E-state index contributed by atoms with van der Waals surface area (Å²) >= 11 is 5.98. The van der Waals surface area contributed by atoms with E-state index in [9.17, 15) is 4.79 Å². The lowest BCUT2D eigenvalue weighted by atomic mass is 9.83. The highest BCUT2D eigenvalue weighted by Gasteiger charge is 2.18. The topological polar surface area (TPSA) is 32.9 Å². The minimum atomic E-state index is 0.00588. The molecule has 0 spiro atoms. The van der Waals surface area contributed by atoms with Crippen molar-refractivity contribution in [3.05, 3.63) is 45.2 Å². The van der Waals surface area contributed by atoms with Gasteiger partial charge in [0.1, 0.15) is 0 Å². The van der Waals surface area contributed by atoms with Crippen LogP contribution in [0.1, 0.15) is 32.8 Å². The number of halogens is 1. The Morgan fingerprint density at radius 1 is 1.28 bits per heavy atom. The number of H-pyrrole nitrogens is 1. The molecule has 2 aromatic rings. The molecule has 0 bridgehead atoms. The molecule has 96 valence electrons. The molecule has 0 fully saturated rings. The molecule has 0 amide bonds. The van der Waals surface area contributed by atoms with Crippen LogP contribution in [0, 0.1) is 5.41 Å². The van der Waals surface area contributed by atoms with E-state index in [0.717, 1.165) is 29.3 Å². The number of fused-ring (bicyclic) bond motifs is 1. The molecule has 2 rings (SSSR count). The van der Waals surface area contributed by atoms with E-state index in [2.05, 4.69) is 25.8 Å². The molecule has 1 aromatic carbocycles. The number of rotatable bonds is 3. The molecule has 0 aliphatic rings. The first-order valence-electron chi connectivity index (χ1n) is 6.23. The molecule has 0 radical (unpaired) electrons. The van der Waals surface area contributed by atoms with Crippen LogP contribution in [0.3, 0.4) is 0 Å². The summed E-state index contributed by atoms with van der Waals surface area (Å²) in [5.74, 6) is 0. The summed E-state index contributed by atoms with van der Waals surface area (Å²) in [7, 11) is 0. The van der Waals surface area contributed by atoms with Crippen molar-refractivity contribution in [3.8, 4) is 0 Å². The number of pyridine rings is 1. The van der Waals surface area contributed by atoms with Gasteiger partial charge in [0.25, 0.3) is 5.56 Å². The summed E-state index contributed by atoms with van der Waals surface area (Å²) in [6, 6.07) is 7.47. The van der Waals surface area contributed by atoms with Gasteiger partial charge >= 0.3 is 0 Å². The molecule has 1 heterocycles. The second-order valence-corrected chi connectivity index (χ2v) is 5.99. The Morgan fingerprint density at radius 2 is 2.00 bits per heavy atom. The largest absolute Gasteiger partial charge is 0.322 e. The van der Waals surface area contributed by atoms with Gasteiger partial charge in [-0.3, -0.25) is 4.79 Å². The predicted octanol–water partition coefficient (Wildman–Crippen LogP) is 4.16. The molecule has 1 N–H and O–H groups in total. The Morgan fingerprint density at radius 3 is 2.67 bits per heavy atom. The van der Waals surface area contributed by atoms with Crippen LogP contribution in [-0.2, 0) is 6.42 Å². The molecule has 1 aromatic heterocycles. The standard InChI is InChI=1S/C15H18ClNO/c1-4-15(2,3)9-11-7-10-8-12(16)5-6-13(10)17-14(11)18/h5-8H,4,9H2,1-3H3,(H,17,18). The fourth-order valence-electron chi connectivity index (χ4n) is 1.99. The Balaban J connectivity index is 2.52. The number of aromatic nitrogens is 1. The van der Waals surface area contributed by atoms with Crippen molar-refractivity contribution in [2.24, 2.45) is 5.41 Å². The highest BCUT2D eigenvalue weighted by molar-refractivity contribution is 6.31. The Labute approximate surface area is 112 Å². The minimum absolute atomic E-state index is 0.00588. The predicted molar refractivity (Wildman–Crippen MR) is 77.4 cm³/mol. The van der Waals surface area contributed by atoms with Crippen molar-refractivity contribution in [1.29, 1.82) is 0 Å². The molecule has 18 heavy (non-hydrogen) atoms. The van der Waals surface area contributed by atoms with Gasteiger partial charge in [-0.1, -0.05) is 38.8 Å². The number of hydrogen-bond acceptors (Lipinski definition) is 1. The van der Waals surface area contributed by atoms with Crippen LogP contribution in [0.5, 0.6) is 0 Å². The number of benzene rings is 1. The highest BCUT2D eigenvalue weighted by atomic mass is 35.5. The van der Waals surface area contributed by atoms with Crippen LogP contribution in [0.25, 0.3) is 10.9 Å². The highest BCUT2D eigenvalue weighted by Crippen LogP contribution is 2.25. The molecule has 0 saturated carbocycles. The lowest BCUT2D eigenvalue weighted by Gasteiger charge is -2.22. The monoisotopic (exact) mass is 263 g/mol. The Kier molecular flexibility index (Phi) is 3.49. The quantitative estimate of drug-likeness (QED) is 0.886. The van der Waals surface area contributed by atoms with Crippen molar-refractivity contribution < 1.29 is 0 Å². The van der Waals surface area contributed by atoms with Gasteiger partial charge in [0.2, 0.25) is 0 Å². The SMILES string of the molecule is CCC(C)(C)Cc1cc2cc(Cl)ccc2[nH]c1=O. The van der Waals surface area contributed by atoms with Crippen LogP contribution in [0.4, 0.5) is 0 Å². The maximum Gasteiger partial charge on any atom is 0.251 e. The van der Waals surface area contributed by atoms with Crippen molar-refractivity contribution in [2.75, 3.05) is 0 Å². The molecule has 0 unspecified atom stereocenters. The summed E-state index contributed by atoms with van der Waals surface area (Å²) < 4.78 is 0. The van der Waals surface area contributed by atoms with E-state index in [0.29, 0.717) is 5.02 Å². The average Bonchev–Trinajstić information content (AvgIpc) is 2.30. The summed E-state index contributed by atoms with van der Waals surface area (Å²) in [4.78, 5) is 14.9. The van der Waals surface area contributed by atoms with Crippen LogP contribution in [0.15, 0.2) is 29.1 Å². The summed E-state index contributed by atoms with van der Waals surface area (Å²) in [5, 5.41) is 1.68. The summed E-state index contributed by atoms with van der Waals surface area (Å²) in [5.41, 5.74) is 1.81. The van der Waals surface area contributed by atoms with Gasteiger partial charge in [0.05, 0.1) is 0 Å². The van der Waals surface area contributed by atoms with Gasteiger partial charge in [-0.2, -0.15) is 0 Å². The third kappa shape index (κ3) is 2.75. The zero-order valence-electron chi connectivity index (χ0n) is 11.0. The normalized spacial score (nSPS) is 12.0. The first-order chi connectivity index (χ1) is 8.41. The second-order valence-electron chi connectivity index (χ2n) is 5.55. The first-order valence-corrected chi connectivity index (χ1v) is 6.60. The molecular weight excluding hydrogens is 246 g/mol. The lowest BCUT2D eigenvalue weighted by Crippen LogP contribution is -2.21. The zero-order chi connectivity index (χ0) is 13.3. The van der Waals surface area contributed by atoms with E-state index in [1.165, 1.54) is 0 Å². The van der Waals surface area contributed by atoms with E-state index in [1.54, 1.807) is 6.07 Å². The summed E-state index contributed by atoms with van der Waals surface area (Å²) in [6.45, 7) is 6.50. The first kappa shape index (κ1) is 13.2. The van der Waals surface area contributed by atoms with E-state index in [4.69, 9.17) is 11.6 Å². The molecule has 0 aliphatic carbocycles. The van der Waals surface area contributed by atoms with Crippen molar-refractivity contribution in [3.63, 3.8) is 0 Å². The van der Waals surface area contributed by atoms with Gasteiger partial charge < -0.3 is 4.98 Å². The van der Waals surface area contributed by atoms with Crippen LogP contribution < -0.4 is 5.56 Å². The van der Waals surface area contributed by atoms with Gasteiger partial charge in [-0.05, 0) is 41.5 Å². The molecule has 3 heteroatoms. The number of hydrogen-bond donors (Lipinski definition) is 1. The second kappa shape index (κ2) is 4.77. The molecule has 2 nitrogen and oxygen atoms in total. The molecule has 0 saturated heterocycles. The van der Waals surface area contributed by atoms with E-state index >= 15 is 0 Å². The van der Waals surface area contributed by atoms with Gasteiger partial charge in [0.15, 0.2) is 0 Å². The Hall–Kier alpha value is -1.28. The van der Waals surface area contributed by atoms with Crippen molar-refractivity contribution in [1.82, 2.24) is 4.98 Å². The fraction of sp³-hybridized carbons (Fsp3) is 0.400. The average molecular weight is 264 g/mol. The van der Waals surface area contributed by atoms with E-state index in [-0.39, 0.29) is 11.0 Å². The van der Waals surface area contributed by atoms with E-state index in [1.807, 2.05) is 18.2 Å². The van der Waals surface area contributed by atoms with Gasteiger partial charge in [-0.15, -0.1) is 0 Å². The molecule has 0 atom stereocenters. The summed E-state index contributed by atoms with van der Waals surface area (Å²) in [6.07, 6.45) is 1.82. The smallest absolute Gasteiger partial charge is 0.251 e. The van der Waals surface area contributed by atoms with Crippen LogP contribution in [-0.4, -0.2) is 4.98 Å². The van der Waals surface area contributed by atoms with Crippen molar-refractivity contribution in [2.45, 2.75) is 33.6 Å². The van der Waals surface area contributed by atoms with Crippen LogP contribution >= 0.6 is 11.6 Å². The zero-order valence-corrected chi connectivity index (χ0v) is 11.8. The lowest BCUT2D eigenvalue weighted by molar-refractivity contribution is 0.348.